The molecule has 19 heavy (non-hydrogen) atoms. The van der Waals surface area contributed by atoms with Gasteiger partial charge in [-0.2, -0.15) is 0 Å². The number of hydrogen-bond donors (Lipinski definition) is 2. The predicted molar refractivity (Wildman–Crippen MR) is 76.6 cm³/mol. The number of anilines is 1. The first kappa shape index (κ1) is 13.7. The summed E-state index contributed by atoms with van der Waals surface area (Å²) in [6.45, 7) is 3.88. The van der Waals surface area contributed by atoms with Gasteiger partial charge >= 0.3 is 5.97 Å². The third-order valence-corrected chi connectivity index (χ3v) is 3.43. The topological polar surface area (TPSA) is 62.5 Å². The van der Waals surface area contributed by atoms with Crippen LogP contribution in [0.3, 0.4) is 0 Å². The number of halogens is 1. The molecule has 0 radical (unpaired) electrons. The lowest BCUT2D eigenvalue weighted by molar-refractivity contribution is 0.0696. The molecular formula is C14H14BrNO3. The molecule has 2 aromatic rings. The molecule has 1 aromatic carbocycles. The Kier molecular flexibility index (Phi) is 3.95. The predicted octanol–water partition coefficient (Wildman–Crippen LogP) is 4.22. The van der Waals surface area contributed by atoms with Crippen molar-refractivity contribution in [2.45, 2.75) is 19.9 Å². The number of benzene rings is 1. The zero-order valence-electron chi connectivity index (χ0n) is 10.6. The Bertz CT molecular complexity index is 606. The van der Waals surface area contributed by atoms with Crippen molar-refractivity contribution in [3.8, 4) is 0 Å². The smallest absolute Gasteiger partial charge is 0.336 e. The van der Waals surface area contributed by atoms with Crippen LogP contribution in [0.15, 0.2) is 39.2 Å². The molecule has 5 heteroatoms. The van der Waals surface area contributed by atoms with Gasteiger partial charge in [0.25, 0.3) is 0 Å². The summed E-state index contributed by atoms with van der Waals surface area (Å²) < 4.78 is 6.09. The molecule has 4 nitrogen and oxygen atoms in total. The van der Waals surface area contributed by atoms with Crippen LogP contribution in [0.25, 0.3) is 0 Å². The highest BCUT2D eigenvalue weighted by Gasteiger charge is 2.12. The van der Waals surface area contributed by atoms with Crippen LogP contribution in [0.1, 0.15) is 34.8 Å². The summed E-state index contributed by atoms with van der Waals surface area (Å²) >= 11 is 3.25. The zero-order chi connectivity index (χ0) is 14.0. The minimum absolute atomic E-state index is 0.0104. The highest BCUT2D eigenvalue weighted by molar-refractivity contribution is 9.10. The molecule has 1 atom stereocenters. The van der Waals surface area contributed by atoms with Crippen molar-refractivity contribution in [3.63, 3.8) is 0 Å². The molecule has 0 bridgehead atoms. The molecule has 0 amide bonds. The first-order valence-corrected chi connectivity index (χ1v) is 6.62. The Morgan fingerprint density at radius 2 is 2.11 bits per heavy atom. The largest absolute Gasteiger partial charge is 0.478 e. The van der Waals surface area contributed by atoms with E-state index in [-0.39, 0.29) is 11.6 Å². The quantitative estimate of drug-likeness (QED) is 0.884. The van der Waals surface area contributed by atoms with E-state index in [0.29, 0.717) is 4.47 Å². The van der Waals surface area contributed by atoms with E-state index in [9.17, 15) is 4.79 Å². The van der Waals surface area contributed by atoms with Gasteiger partial charge in [-0.3, -0.25) is 0 Å². The van der Waals surface area contributed by atoms with Crippen molar-refractivity contribution >= 4 is 27.6 Å². The van der Waals surface area contributed by atoms with Crippen LogP contribution >= 0.6 is 15.9 Å². The average molecular weight is 324 g/mol. The maximum Gasteiger partial charge on any atom is 0.336 e. The Hall–Kier alpha value is -1.75. The summed E-state index contributed by atoms with van der Waals surface area (Å²) in [5.74, 6) is 0.759. The van der Waals surface area contributed by atoms with Crippen LogP contribution in [-0.2, 0) is 0 Å². The van der Waals surface area contributed by atoms with Crippen molar-refractivity contribution in [3.05, 3.63) is 51.9 Å². The van der Waals surface area contributed by atoms with Gasteiger partial charge in [-0.05, 0) is 60.1 Å². The van der Waals surface area contributed by atoms with Gasteiger partial charge in [0.1, 0.15) is 11.5 Å². The molecule has 1 heterocycles. The second-order valence-electron chi connectivity index (χ2n) is 4.31. The van der Waals surface area contributed by atoms with Crippen molar-refractivity contribution in [2.75, 3.05) is 5.32 Å². The standard InChI is InChI=1S/C14H14BrNO3/c1-8-3-6-13(19-8)9(2)16-10-4-5-11(14(17)18)12(15)7-10/h3-7,9,16H,1-2H3,(H,17,18). The number of aryl methyl sites for hydroxylation is 1. The second kappa shape index (κ2) is 5.48. The van der Waals surface area contributed by atoms with Crippen molar-refractivity contribution < 1.29 is 14.3 Å². The van der Waals surface area contributed by atoms with Gasteiger partial charge in [0, 0.05) is 10.2 Å². The van der Waals surface area contributed by atoms with E-state index in [4.69, 9.17) is 9.52 Å². The van der Waals surface area contributed by atoms with E-state index in [1.165, 1.54) is 0 Å². The molecule has 0 saturated heterocycles. The van der Waals surface area contributed by atoms with Gasteiger partial charge in [-0.1, -0.05) is 0 Å². The molecule has 100 valence electrons. The number of furan rings is 1. The van der Waals surface area contributed by atoms with Gasteiger partial charge in [0.15, 0.2) is 0 Å². The lowest BCUT2D eigenvalue weighted by atomic mass is 10.2. The molecule has 0 spiro atoms. The number of rotatable bonds is 4. The van der Waals surface area contributed by atoms with Gasteiger partial charge in [-0.15, -0.1) is 0 Å². The molecule has 0 aliphatic rings. The fourth-order valence-corrected chi connectivity index (χ4v) is 2.33. The summed E-state index contributed by atoms with van der Waals surface area (Å²) in [7, 11) is 0. The molecule has 2 N–H and O–H groups in total. The van der Waals surface area contributed by atoms with Crippen molar-refractivity contribution in [1.29, 1.82) is 0 Å². The molecule has 1 aromatic heterocycles. The molecule has 0 aliphatic heterocycles. The Balaban J connectivity index is 2.15. The summed E-state index contributed by atoms with van der Waals surface area (Å²) in [5.41, 5.74) is 1.07. The number of carboxylic acid groups (broad SMARTS) is 1. The van der Waals surface area contributed by atoms with E-state index in [2.05, 4.69) is 21.2 Å². The van der Waals surface area contributed by atoms with Crippen molar-refractivity contribution in [1.82, 2.24) is 0 Å². The zero-order valence-corrected chi connectivity index (χ0v) is 12.2. The summed E-state index contributed by atoms with van der Waals surface area (Å²) in [6.07, 6.45) is 0. The van der Waals surface area contributed by atoms with Gasteiger partial charge in [0.05, 0.1) is 11.6 Å². The SMILES string of the molecule is Cc1ccc(C(C)Nc2ccc(C(=O)O)c(Br)c2)o1. The Morgan fingerprint density at radius 1 is 1.37 bits per heavy atom. The number of hydrogen-bond acceptors (Lipinski definition) is 3. The number of carboxylic acids is 1. The number of nitrogens with one attached hydrogen (secondary N) is 1. The third kappa shape index (κ3) is 3.17. The molecule has 0 aliphatic carbocycles. The maximum absolute atomic E-state index is 10.9. The monoisotopic (exact) mass is 323 g/mol. The summed E-state index contributed by atoms with van der Waals surface area (Å²) in [4.78, 5) is 10.9. The number of carbonyl (C=O) groups is 1. The average Bonchev–Trinajstić information content (AvgIpc) is 2.75. The molecular weight excluding hydrogens is 310 g/mol. The highest BCUT2D eigenvalue weighted by atomic mass is 79.9. The lowest BCUT2D eigenvalue weighted by Gasteiger charge is -2.13. The van der Waals surface area contributed by atoms with E-state index in [0.717, 1.165) is 17.2 Å². The van der Waals surface area contributed by atoms with E-state index >= 15 is 0 Å². The minimum Gasteiger partial charge on any atom is -0.478 e. The Morgan fingerprint density at radius 3 is 2.63 bits per heavy atom. The van der Waals surface area contributed by atoms with Crippen LogP contribution in [-0.4, -0.2) is 11.1 Å². The third-order valence-electron chi connectivity index (χ3n) is 2.77. The van der Waals surface area contributed by atoms with E-state index in [1.807, 2.05) is 26.0 Å². The first-order chi connectivity index (χ1) is 8.97. The molecule has 0 fully saturated rings. The maximum atomic E-state index is 10.9. The van der Waals surface area contributed by atoms with E-state index < -0.39 is 5.97 Å². The van der Waals surface area contributed by atoms with Gasteiger partial charge < -0.3 is 14.8 Å². The van der Waals surface area contributed by atoms with Crippen LogP contribution in [0.5, 0.6) is 0 Å². The minimum atomic E-state index is -0.951. The van der Waals surface area contributed by atoms with Crippen LogP contribution < -0.4 is 5.32 Å². The number of aromatic carboxylic acids is 1. The van der Waals surface area contributed by atoms with Crippen molar-refractivity contribution in [2.24, 2.45) is 0 Å². The summed E-state index contributed by atoms with van der Waals surface area (Å²) in [5, 5.41) is 12.2. The van der Waals surface area contributed by atoms with Crippen LogP contribution in [0, 0.1) is 6.92 Å². The first-order valence-electron chi connectivity index (χ1n) is 5.83. The van der Waals surface area contributed by atoms with Crippen LogP contribution in [0.2, 0.25) is 0 Å². The normalized spacial score (nSPS) is 12.2. The van der Waals surface area contributed by atoms with Gasteiger partial charge in [0.2, 0.25) is 0 Å². The fourth-order valence-electron chi connectivity index (χ4n) is 1.79. The molecule has 1 unspecified atom stereocenters. The van der Waals surface area contributed by atoms with Crippen LogP contribution in [0.4, 0.5) is 5.69 Å². The lowest BCUT2D eigenvalue weighted by Crippen LogP contribution is -2.06. The second-order valence-corrected chi connectivity index (χ2v) is 5.17. The Labute approximate surface area is 119 Å². The fraction of sp³-hybridized carbons (Fsp3) is 0.214. The molecule has 2 rings (SSSR count). The van der Waals surface area contributed by atoms with Gasteiger partial charge in [-0.25, -0.2) is 4.79 Å². The highest BCUT2D eigenvalue weighted by Crippen LogP contribution is 2.25. The van der Waals surface area contributed by atoms with E-state index in [1.54, 1.807) is 18.2 Å². The summed E-state index contributed by atoms with van der Waals surface area (Å²) in [6, 6.07) is 8.90. The molecule has 0 saturated carbocycles.